The number of nitrogens with zero attached hydrogens (tertiary/aromatic N) is 3. The molecule has 2 heterocycles. The fourth-order valence-electron chi connectivity index (χ4n) is 2.14. The van der Waals surface area contributed by atoms with Crippen molar-refractivity contribution in [1.82, 2.24) is 14.9 Å². The van der Waals surface area contributed by atoms with Crippen molar-refractivity contribution >= 4 is 17.5 Å². The van der Waals surface area contributed by atoms with E-state index in [0.29, 0.717) is 0 Å². The summed E-state index contributed by atoms with van der Waals surface area (Å²) in [4.78, 5) is 22.4. The van der Waals surface area contributed by atoms with Crippen LogP contribution in [0.1, 0.15) is 26.1 Å². The van der Waals surface area contributed by atoms with Gasteiger partial charge in [0.15, 0.2) is 0 Å². The highest BCUT2D eigenvalue weighted by Crippen LogP contribution is 2.17. The Morgan fingerprint density at radius 3 is 2.68 bits per heavy atom. The van der Waals surface area contributed by atoms with Crippen LogP contribution < -0.4 is 10.6 Å². The molecule has 2 N–H and O–H groups in total. The molecule has 0 bridgehead atoms. The highest BCUT2D eigenvalue weighted by atomic mass is 16.2. The fraction of sp³-hybridized carbons (Fsp3) is 0.615. The Morgan fingerprint density at radius 1 is 1.37 bits per heavy atom. The number of likely N-dealkylation sites (N-methyl/N-ethyl adjacent to an activating group) is 1. The number of likely N-dealkylation sites (tertiary alicyclic amines) is 1. The van der Waals surface area contributed by atoms with Crippen LogP contribution in [-0.2, 0) is 11.2 Å². The number of hydrogen-bond acceptors (Lipinski definition) is 5. The number of rotatable bonds is 5. The zero-order chi connectivity index (χ0) is 13.8. The quantitative estimate of drug-likeness (QED) is 0.833. The topological polar surface area (TPSA) is 70.2 Å². The van der Waals surface area contributed by atoms with E-state index in [2.05, 4.69) is 20.6 Å². The Kier molecular flexibility index (Phi) is 4.19. The van der Waals surface area contributed by atoms with E-state index in [-0.39, 0.29) is 11.9 Å². The molecule has 0 saturated carbocycles. The third-order valence-corrected chi connectivity index (χ3v) is 3.20. The number of hydrogen-bond donors (Lipinski definition) is 2. The van der Waals surface area contributed by atoms with E-state index in [1.54, 1.807) is 4.90 Å². The van der Waals surface area contributed by atoms with Gasteiger partial charge in [-0.3, -0.25) is 4.79 Å². The molecule has 1 aromatic heterocycles. The molecule has 0 radical (unpaired) electrons. The number of carbonyl (C=O) groups excluding carboxylic acids is 1. The minimum absolute atomic E-state index is 0.127. The van der Waals surface area contributed by atoms with Crippen molar-refractivity contribution in [1.29, 1.82) is 0 Å². The number of carbonyl (C=O) groups is 1. The highest BCUT2D eigenvalue weighted by molar-refractivity contribution is 5.86. The summed E-state index contributed by atoms with van der Waals surface area (Å²) in [5.74, 6) is 2.42. The van der Waals surface area contributed by atoms with Crippen LogP contribution in [0.2, 0.25) is 0 Å². The monoisotopic (exact) mass is 263 g/mol. The second kappa shape index (κ2) is 5.86. The number of anilines is 2. The number of amides is 1. The third kappa shape index (κ3) is 3.13. The second-order valence-electron chi connectivity index (χ2n) is 4.68. The lowest BCUT2D eigenvalue weighted by atomic mass is 10.2. The molecule has 0 aromatic carbocycles. The molecule has 6 nitrogen and oxygen atoms in total. The van der Waals surface area contributed by atoms with E-state index in [1.807, 2.05) is 27.0 Å². The SMILES string of the molecule is CCNc1cc(NC2CCN(C)C2=O)nc(CC)n1. The van der Waals surface area contributed by atoms with Gasteiger partial charge in [0.25, 0.3) is 0 Å². The summed E-state index contributed by atoms with van der Waals surface area (Å²) < 4.78 is 0. The van der Waals surface area contributed by atoms with Crippen LogP contribution in [0, 0.1) is 0 Å². The zero-order valence-electron chi connectivity index (χ0n) is 11.7. The maximum absolute atomic E-state index is 11.9. The largest absolute Gasteiger partial charge is 0.370 e. The summed E-state index contributed by atoms with van der Waals surface area (Å²) in [6.07, 6.45) is 1.59. The van der Waals surface area contributed by atoms with Gasteiger partial charge in [-0.25, -0.2) is 9.97 Å². The van der Waals surface area contributed by atoms with Gasteiger partial charge >= 0.3 is 0 Å². The number of aromatic nitrogens is 2. The first-order valence-electron chi connectivity index (χ1n) is 6.77. The van der Waals surface area contributed by atoms with Gasteiger partial charge in [-0.2, -0.15) is 0 Å². The molecular formula is C13H21N5O. The maximum Gasteiger partial charge on any atom is 0.244 e. The van der Waals surface area contributed by atoms with Gasteiger partial charge in [-0.05, 0) is 13.3 Å². The molecule has 1 unspecified atom stereocenters. The molecule has 1 aliphatic heterocycles. The van der Waals surface area contributed by atoms with Gasteiger partial charge in [-0.1, -0.05) is 6.92 Å². The first-order chi connectivity index (χ1) is 9.13. The Bertz CT molecular complexity index is 462. The van der Waals surface area contributed by atoms with Crippen LogP contribution in [0.15, 0.2) is 6.07 Å². The average Bonchev–Trinajstić information content (AvgIpc) is 2.71. The van der Waals surface area contributed by atoms with Gasteiger partial charge in [0.2, 0.25) is 5.91 Å². The minimum Gasteiger partial charge on any atom is -0.370 e. The highest BCUT2D eigenvalue weighted by Gasteiger charge is 2.29. The van der Waals surface area contributed by atoms with Crippen LogP contribution >= 0.6 is 0 Å². The van der Waals surface area contributed by atoms with Crippen LogP contribution in [0.4, 0.5) is 11.6 Å². The van der Waals surface area contributed by atoms with Crippen molar-refractivity contribution in [2.24, 2.45) is 0 Å². The van der Waals surface area contributed by atoms with E-state index in [4.69, 9.17) is 0 Å². The Labute approximate surface area is 113 Å². The molecular weight excluding hydrogens is 242 g/mol. The van der Waals surface area contributed by atoms with E-state index >= 15 is 0 Å². The molecule has 1 aromatic rings. The maximum atomic E-state index is 11.9. The first kappa shape index (κ1) is 13.6. The molecule has 0 aliphatic carbocycles. The molecule has 1 atom stereocenters. The van der Waals surface area contributed by atoms with Crippen molar-refractivity contribution in [3.8, 4) is 0 Å². The van der Waals surface area contributed by atoms with Crippen molar-refractivity contribution in [2.75, 3.05) is 30.8 Å². The lowest BCUT2D eigenvalue weighted by molar-refractivity contribution is -0.127. The van der Waals surface area contributed by atoms with E-state index in [9.17, 15) is 4.79 Å². The van der Waals surface area contributed by atoms with Gasteiger partial charge in [0, 0.05) is 32.6 Å². The predicted octanol–water partition coefficient (Wildman–Crippen LogP) is 1.11. The van der Waals surface area contributed by atoms with Crippen LogP contribution in [0.3, 0.4) is 0 Å². The summed E-state index contributed by atoms with van der Waals surface area (Å²) >= 11 is 0. The number of nitrogens with one attached hydrogen (secondary N) is 2. The average molecular weight is 263 g/mol. The minimum atomic E-state index is -0.168. The van der Waals surface area contributed by atoms with Gasteiger partial charge in [-0.15, -0.1) is 0 Å². The van der Waals surface area contributed by atoms with Crippen LogP contribution in [-0.4, -0.2) is 47.0 Å². The Hall–Kier alpha value is -1.85. The molecule has 0 spiro atoms. The summed E-state index contributed by atoms with van der Waals surface area (Å²) in [6.45, 7) is 5.65. The van der Waals surface area contributed by atoms with Crippen molar-refractivity contribution in [3.05, 3.63) is 11.9 Å². The van der Waals surface area contributed by atoms with Gasteiger partial charge in [0.05, 0.1) is 0 Å². The molecule has 19 heavy (non-hydrogen) atoms. The van der Waals surface area contributed by atoms with Gasteiger partial charge in [0.1, 0.15) is 23.5 Å². The molecule has 1 fully saturated rings. The lowest BCUT2D eigenvalue weighted by Gasteiger charge is -2.14. The molecule has 1 saturated heterocycles. The lowest BCUT2D eigenvalue weighted by Crippen LogP contribution is -2.31. The Balaban J connectivity index is 2.15. The summed E-state index contributed by atoms with van der Waals surface area (Å²) in [6, 6.07) is 1.69. The third-order valence-electron chi connectivity index (χ3n) is 3.20. The van der Waals surface area contributed by atoms with Crippen molar-refractivity contribution in [3.63, 3.8) is 0 Å². The van der Waals surface area contributed by atoms with Crippen LogP contribution in [0.5, 0.6) is 0 Å². The molecule has 1 aliphatic rings. The van der Waals surface area contributed by atoms with E-state index in [1.165, 1.54) is 0 Å². The molecule has 6 heteroatoms. The predicted molar refractivity (Wildman–Crippen MR) is 75.2 cm³/mol. The first-order valence-corrected chi connectivity index (χ1v) is 6.77. The van der Waals surface area contributed by atoms with E-state index in [0.717, 1.165) is 43.4 Å². The number of aryl methyl sites for hydroxylation is 1. The van der Waals surface area contributed by atoms with Crippen LogP contribution in [0.25, 0.3) is 0 Å². The molecule has 1 amide bonds. The normalized spacial score (nSPS) is 18.8. The molecule has 2 rings (SSSR count). The zero-order valence-corrected chi connectivity index (χ0v) is 11.7. The van der Waals surface area contributed by atoms with Crippen molar-refractivity contribution in [2.45, 2.75) is 32.7 Å². The summed E-state index contributed by atoms with van der Waals surface area (Å²) in [7, 11) is 1.82. The fourth-order valence-corrected chi connectivity index (χ4v) is 2.14. The second-order valence-corrected chi connectivity index (χ2v) is 4.68. The summed E-state index contributed by atoms with van der Waals surface area (Å²) in [5.41, 5.74) is 0. The standard InChI is InChI=1S/C13H21N5O/c1-4-10-16-11(14-5-2)8-12(17-10)15-9-6-7-18(3)13(9)19/h8-9H,4-7H2,1-3H3,(H2,14,15,16,17). The Morgan fingerprint density at radius 2 is 2.11 bits per heavy atom. The van der Waals surface area contributed by atoms with Crippen molar-refractivity contribution < 1.29 is 4.79 Å². The smallest absolute Gasteiger partial charge is 0.244 e. The molecule has 104 valence electrons. The van der Waals surface area contributed by atoms with E-state index < -0.39 is 0 Å². The van der Waals surface area contributed by atoms with Gasteiger partial charge < -0.3 is 15.5 Å². The summed E-state index contributed by atoms with van der Waals surface area (Å²) in [5, 5.41) is 6.39.